The van der Waals surface area contributed by atoms with Crippen molar-refractivity contribution in [2.24, 2.45) is 12.8 Å². The highest BCUT2D eigenvalue weighted by molar-refractivity contribution is 9.10. The van der Waals surface area contributed by atoms with Crippen molar-refractivity contribution in [1.29, 1.82) is 0 Å². The quantitative estimate of drug-likeness (QED) is 0.926. The molecule has 3 nitrogen and oxygen atoms in total. The van der Waals surface area contributed by atoms with Crippen LogP contribution in [0.2, 0.25) is 5.02 Å². The third-order valence-electron chi connectivity index (χ3n) is 2.80. The van der Waals surface area contributed by atoms with Crippen LogP contribution in [-0.4, -0.2) is 9.78 Å². The zero-order valence-corrected chi connectivity index (χ0v) is 12.0. The van der Waals surface area contributed by atoms with Gasteiger partial charge in [-0.25, -0.2) is 0 Å². The molecule has 0 bridgehead atoms. The first-order chi connectivity index (χ1) is 7.91. The Labute approximate surface area is 114 Å². The largest absolute Gasteiger partial charge is 0.318 e. The molecule has 1 unspecified atom stereocenters. The first-order valence-electron chi connectivity index (χ1n) is 5.15. The van der Waals surface area contributed by atoms with Crippen molar-refractivity contribution < 1.29 is 0 Å². The molecule has 0 aliphatic heterocycles. The fourth-order valence-corrected chi connectivity index (χ4v) is 2.63. The minimum absolute atomic E-state index is 0.647. The Balaban J connectivity index is 2.51. The van der Waals surface area contributed by atoms with Crippen LogP contribution in [0.15, 0.2) is 35.1 Å². The molecule has 0 saturated heterocycles. The molecular formula is C12H13BrClN3. The molecule has 0 radical (unpaired) electrons. The van der Waals surface area contributed by atoms with E-state index in [1.807, 2.05) is 38.4 Å². The highest BCUT2D eigenvalue weighted by atomic mass is 79.9. The maximum atomic E-state index is 6.37. The predicted octanol–water partition coefficient (Wildman–Crippen LogP) is 3.06. The second-order valence-corrected chi connectivity index (χ2v) is 5.55. The lowest BCUT2D eigenvalue weighted by atomic mass is 9.88. The van der Waals surface area contributed by atoms with Gasteiger partial charge < -0.3 is 5.73 Å². The van der Waals surface area contributed by atoms with Crippen LogP contribution >= 0.6 is 27.5 Å². The van der Waals surface area contributed by atoms with E-state index in [9.17, 15) is 0 Å². The Kier molecular flexibility index (Phi) is 3.30. The van der Waals surface area contributed by atoms with Crippen LogP contribution in [0.4, 0.5) is 0 Å². The van der Waals surface area contributed by atoms with Crippen molar-refractivity contribution >= 4 is 27.5 Å². The molecule has 0 fully saturated rings. The number of nitrogens with zero attached hydrogens (tertiary/aromatic N) is 2. The number of hydrogen-bond acceptors (Lipinski definition) is 2. The van der Waals surface area contributed by atoms with Crippen LogP contribution in [0.1, 0.15) is 18.1 Å². The minimum Gasteiger partial charge on any atom is -0.318 e. The third kappa shape index (κ3) is 2.39. The molecule has 2 aromatic rings. The monoisotopic (exact) mass is 313 g/mol. The van der Waals surface area contributed by atoms with Crippen LogP contribution in [0.25, 0.3) is 0 Å². The average Bonchev–Trinajstić information content (AvgIpc) is 2.64. The summed E-state index contributed by atoms with van der Waals surface area (Å²) in [5.41, 5.74) is 7.54. The second kappa shape index (κ2) is 4.44. The van der Waals surface area contributed by atoms with E-state index >= 15 is 0 Å². The molecule has 0 amide bonds. The van der Waals surface area contributed by atoms with Gasteiger partial charge in [0.15, 0.2) is 0 Å². The number of halogens is 2. The van der Waals surface area contributed by atoms with Crippen molar-refractivity contribution in [3.63, 3.8) is 0 Å². The number of rotatable bonds is 2. The first kappa shape index (κ1) is 12.6. The molecule has 0 spiro atoms. The SMILES string of the molecule is Cn1cc(C(C)(N)c2ccc(Br)cc2Cl)cn1. The van der Waals surface area contributed by atoms with Gasteiger partial charge in [0, 0.05) is 28.3 Å². The summed E-state index contributed by atoms with van der Waals surface area (Å²) >= 11 is 9.62. The summed E-state index contributed by atoms with van der Waals surface area (Å²) in [4.78, 5) is 0. The number of aromatic nitrogens is 2. The van der Waals surface area contributed by atoms with E-state index in [2.05, 4.69) is 21.0 Å². The van der Waals surface area contributed by atoms with Gasteiger partial charge in [0.2, 0.25) is 0 Å². The number of nitrogens with two attached hydrogens (primary N) is 1. The summed E-state index contributed by atoms with van der Waals surface area (Å²) in [6.07, 6.45) is 3.66. The average molecular weight is 315 g/mol. The van der Waals surface area contributed by atoms with Crippen molar-refractivity contribution in [2.75, 3.05) is 0 Å². The van der Waals surface area contributed by atoms with E-state index in [4.69, 9.17) is 17.3 Å². The molecule has 0 saturated carbocycles. The van der Waals surface area contributed by atoms with Gasteiger partial charge in [-0.3, -0.25) is 4.68 Å². The highest BCUT2D eigenvalue weighted by Crippen LogP contribution is 2.33. The van der Waals surface area contributed by atoms with E-state index in [0.29, 0.717) is 5.02 Å². The fourth-order valence-electron chi connectivity index (χ4n) is 1.76. The lowest BCUT2D eigenvalue weighted by Crippen LogP contribution is -2.34. The maximum Gasteiger partial charge on any atom is 0.0682 e. The molecule has 90 valence electrons. The molecular weight excluding hydrogens is 302 g/mol. The van der Waals surface area contributed by atoms with Crippen LogP contribution in [0, 0.1) is 0 Å². The number of benzene rings is 1. The Morgan fingerprint density at radius 3 is 2.71 bits per heavy atom. The smallest absolute Gasteiger partial charge is 0.0682 e. The maximum absolute atomic E-state index is 6.37. The second-order valence-electron chi connectivity index (χ2n) is 4.23. The summed E-state index contributed by atoms with van der Waals surface area (Å²) < 4.78 is 2.67. The Hall–Kier alpha value is -0.840. The molecule has 1 heterocycles. The van der Waals surface area contributed by atoms with Crippen LogP contribution in [0.3, 0.4) is 0 Å². The Morgan fingerprint density at radius 2 is 2.18 bits per heavy atom. The summed E-state index contributed by atoms with van der Waals surface area (Å²) in [5, 5.41) is 4.79. The summed E-state index contributed by atoms with van der Waals surface area (Å²) in [6, 6.07) is 5.71. The van der Waals surface area contributed by atoms with E-state index in [1.165, 1.54) is 0 Å². The molecule has 17 heavy (non-hydrogen) atoms. The predicted molar refractivity (Wildman–Crippen MR) is 73.0 cm³/mol. The normalized spacial score (nSPS) is 14.6. The third-order valence-corrected chi connectivity index (χ3v) is 3.60. The van der Waals surface area contributed by atoms with Gasteiger partial charge >= 0.3 is 0 Å². The van der Waals surface area contributed by atoms with Crippen LogP contribution in [-0.2, 0) is 12.6 Å². The molecule has 0 aliphatic rings. The summed E-state index contributed by atoms with van der Waals surface area (Å²) in [6.45, 7) is 1.93. The molecule has 1 atom stereocenters. The van der Waals surface area contributed by atoms with Gasteiger partial charge in [0.05, 0.1) is 11.7 Å². The van der Waals surface area contributed by atoms with E-state index < -0.39 is 5.54 Å². The van der Waals surface area contributed by atoms with E-state index in [1.54, 1.807) is 10.9 Å². The number of aryl methyl sites for hydroxylation is 1. The molecule has 1 aromatic carbocycles. The molecule has 0 aliphatic carbocycles. The van der Waals surface area contributed by atoms with Gasteiger partial charge in [0.25, 0.3) is 0 Å². The van der Waals surface area contributed by atoms with Crippen LogP contribution in [0.5, 0.6) is 0 Å². The lowest BCUT2D eigenvalue weighted by molar-refractivity contribution is 0.602. The van der Waals surface area contributed by atoms with Gasteiger partial charge in [-0.2, -0.15) is 5.10 Å². The van der Waals surface area contributed by atoms with E-state index in [-0.39, 0.29) is 0 Å². The zero-order valence-electron chi connectivity index (χ0n) is 9.61. The van der Waals surface area contributed by atoms with Gasteiger partial charge in [-0.15, -0.1) is 0 Å². The molecule has 1 aromatic heterocycles. The zero-order chi connectivity index (χ0) is 12.6. The summed E-state index contributed by atoms with van der Waals surface area (Å²) in [5.74, 6) is 0. The van der Waals surface area contributed by atoms with Crippen LogP contribution < -0.4 is 5.73 Å². The molecule has 5 heteroatoms. The van der Waals surface area contributed by atoms with Gasteiger partial charge in [-0.1, -0.05) is 33.6 Å². The minimum atomic E-state index is -0.647. The topological polar surface area (TPSA) is 43.8 Å². The van der Waals surface area contributed by atoms with Crippen molar-refractivity contribution in [3.05, 3.63) is 51.2 Å². The van der Waals surface area contributed by atoms with E-state index in [0.717, 1.165) is 15.6 Å². The standard InChI is InChI=1S/C12H13BrClN3/c1-12(15,8-6-16-17(2)7-8)10-4-3-9(13)5-11(10)14/h3-7H,15H2,1-2H3. The highest BCUT2D eigenvalue weighted by Gasteiger charge is 2.27. The summed E-state index contributed by atoms with van der Waals surface area (Å²) in [7, 11) is 1.86. The molecule has 2 rings (SSSR count). The Morgan fingerprint density at radius 1 is 1.47 bits per heavy atom. The fraction of sp³-hybridized carbons (Fsp3) is 0.250. The number of hydrogen-bond donors (Lipinski definition) is 1. The van der Waals surface area contributed by atoms with Crippen molar-refractivity contribution in [1.82, 2.24) is 9.78 Å². The van der Waals surface area contributed by atoms with Gasteiger partial charge in [0.1, 0.15) is 0 Å². The van der Waals surface area contributed by atoms with Crippen molar-refractivity contribution in [3.8, 4) is 0 Å². The lowest BCUT2D eigenvalue weighted by Gasteiger charge is -2.25. The first-order valence-corrected chi connectivity index (χ1v) is 6.32. The Bertz CT molecular complexity index is 548. The van der Waals surface area contributed by atoms with Crippen molar-refractivity contribution in [2.45, 2.75) is 12.5 Å². The molecule has 2 N–H and O–H groups in total. The van der Waals surface area contributed by atoms with Gasteiger partial charge in [-0.05, 0) is 24.6 Å².